The van der Waals surface area contributed by atoms with E-state index in [2.05, 4.69) is 15.5 Å². The fraction of sp³-hybridized carbons (Fsp3) is 0.438. The van der Waals surface area contributed by atoms with E-state index >= 15 is 0 Å². The fourth-order valence-corrected chi connectivity index (χ4v) is 2.77. The van der Waals surface area contributed by atoms with E-state index in [-0.39, 0.29) is 18.0 Å². The lowest BCUT2D eigenvalue weighted by atomic mass is 10.1. The molecule has 3 atom stereocenters. The van der Waals surface area contributed by atoms with Crippen molar-refractivity contribution < 1.29 is 18.4 Å². The molecule has 1 aromatic carbocycles. The van der Waals surface area contributed by atoms with Gasteiger partial charge in [0, 0.05) is 6.54 Å². The number of benzene rings is 1. The van der Waals surface area contributed by atoms with Crippen molar-refractivity contribution in [2.75, 3.05) is 6.54 Å². The van der Waals surface area contributed by atoms with Crippen LogP contribution in [0.5, 0.6) is 0 Å². The summed E-state index contributed by atoms with van der Waals surface area (Å²) in [5, 5.41) is 6.84. The number of nitrogens with two attached hydrogens (primary N) is 1. The normalized spacial score (nSPS) is 21.8. The van der Waals surface area contributed by atoms with Crippen LogP contribution in [0.15, 0.2) is 28.8 Å². The highest BCUT2D eigenvalue weighted by Gasteiger charge is 2.31. The minimum atomic E-state index is -0.695. The molecule has 24 heavy (non-hydrogen) atoms. The van der Waals surface area contributed by atoms with Crippen LogP contribution in [0.4, 0.5) is 4.39 Å². The van der Waals surface area contributed by atoms with Crippen LogP contribution in [-0.4, -0.2) is 28.7 Å². The summed E-state index contributed by atoms with van der Waals surface area (Å²) in [6, 6.07) is 4.98. The third-order valence-electron chi connectivity index (χ3n) is 3.96. The Hall–Kier alpha value is -2.32. The lowest BCUT2D eigenvalue weighted by Crippen LogP contribution is -2.37. The summed E-state index contributed by atoms with van der Waals surface area (Å²) in [6.07, 6.45) is 1.25. The highest BCUT2D eigenvalue weighted by atomic mass is 19.1. The van der Waals surface area contributed by atoms with Gasteiger partial charge in [-0.05, 0) is 37.5 Å². The molecule has 128 valence electrons. The summed E-state index contributed by atoms with van der Waals surface area (Å²) in [6.45, 7) is 2.19. The van der Waals surface area contributed by atoms with E-state index in [1.54, 1.807) is 6.92 Å². The lowest BCUT2D eigenvalue weighted by molar-refractivity contribution is -0.120. The largest absolute Gasteiger partial charge is 0.368 e. The Labute approximate surface area is 138 Å². The van der Waals surface area contributed by atoms with Crippen LogP contribution in [0.1, 0.15) is 42.3 Å². The number of carbonyl (C=O) groups is 1. The van der Waals surface area contributed by atoms with Crippen molar-refractivity contribution >= 4 is 5.91 Å². The Morgan fingerprint density at radius 2 is 2.17 bits per heavy atom. The topological polar surface area (TPSA) is 103 Å². The Bertz CT molecular complexity index is 704. The summed E-state index contributed by atoms with van der Waals surface area (Å²) in [5.41, 5.74) is 6.06. The second-order valence-electron chi connectivity index (χ2n) is 5.80. The molecule has 8 heteroatoms. The number of nitrogens with one attached hydrogen (secondary N) is 1. The third-order valence-corrected chi connectivity index (χ3v) is 3.96. The highest BCUT2D eigenvalue weighted by Crippen LogP contribution is 2.31. The SMILES string of the molecule is Cc1noc([C@@H]2CC[C@H](CNC(C(N)=O)c3ccc(F)cc3)O2)n1. The van der Waals surface area contributed by atoms with Gasteiger partial charge in [0.05, 0.1) is 6.10 Å². The molecule has 3 rings (SSSR count). The smallest absolute Gasteiger partial charge is 0.255 e. The molecule has 1 aliphatic rings. The number of primary amides is 1. The number of amides is 1. The standard InChI is InChI=1S/C16H19FN4O3/c1-9-20-16(24-21-9)13-7-6-12(23-13)8-19-14(15(18)22)10-2-4-11(17)5-3-10/h2-5,12-14,19H,6-8H2,1H3,(H2,18,22)/t12-,13+,14?/m1/s1. The number of nitrogens with zero attached hydrogens (tertiary/aromatic N) is 2. The highest BCUT2D eigenvalue weighted by molar-refractivity contribution is 5.81. The number of aromatic nitrogens is 2. The summed E-state index contributed by atoms with van der Waals surface area (Å²) >= 11 is 0. The van der Waals surface area contributed by atoms with Crippen molar-refractivity contribution in [2.45, 2.75) is 38.0 Å². The average molecular weight is 334 g/mol. The van der Waals surface area contributed by atoms with Crippen LogP contribution < -0.4 is 11.1 Å². The first-order valence-corrected chi connectivity index (χ1v) is 7.77. The molecule has 2 heterocycles. The first kappa shape index (κ1) is 16.5. The van der Waals surface area contributed by atoms with E-state index in [1.165, 1.54) is 24.3 Å². The summed E-state index contributed by atoms with van der Waals surface area (Å²) in [5.74, 6) is 0.155. The van der Waals surface area contributed by atoms with Gasteiger partial charge in [0.15, 0.2) is 5.82 Å². The third kappa shape index (κ3) is 3.77. The monoisotopic (exact) mass is 334 g/mol. The molecular formula is C16H19FN4O3. The maximum absolute atomic E-state index is 13.0. The van der Waals surface area contributed by atoms with Gasteiger partial charge in [-0.1, -0.05) is 17.3 Å². The van der Waals surface area contributed by atoms with Crippen molar-refractivity contribution in [2.24, 2.45) is 5.73 Å². The van der Waals surface area contributed by atoms with E-state index in [0.29, 0.717) is 23.8 Å². The van der Waals surface area contributed by atoms with E-state index in [1.807, 2.05) is 0 Å². The maximum Gasteiger partial charge on any atom is 0.255 e. The number of ether oxygens (including phenoxy) is 1. The molecule has 1 saturated heterocycles. The van der Waals surface area contributed by atoms with Crippen LogP contribution in [0, 0.1) is 12.7 Å². The Morgan fingerprint density at radius 1 is 1.42 bits per heavy atom. The Kier molecular flexibility index (Phi) is 4.86. The number of hydrogen-bond acceptors (Lipinski definition) is 6. The number of halogens is 1. The Morgan fingerprint density at radius 3 is 2.79 bits per heavy atom. The molecule has 0 spiro atoms. The van der Waals surface area contributed by atoms with Crippen molar-refractivity contribution in [1.82, 2.24) is 15.5 Å². The average Bonchev–Trinajstić information content (AvgIpc) is 3.18. The zero-order chi connectivity index (χ0) is 17.1. The molecule has 1 aromatic heterocycles. The molecule has 3 N–H and O–H groups in total. The second-order valence-corrected chi connectivity index (χ2v) is 5.80. The van der Waals surface area contributed by atoms with Gasteiger partial charge in [0.25, 0.3) is 5.89 Å². The molecule has 0 aliphatic carbocycles. The molecule has 2 aromatic rings. The first-order chi connectivity index (χ1) is 11.5. The van der Waals surface area contributed by atoms with Gasteiger partial charge in [-0.2, -0.15) is 4.98 Å². The predicted octanol–water partition coefficient (Wildman–Crippen LogP) is 1.55. The van der Waals surface area contributed by atoms with Crippen LogP contribution in [-0.2, 0) is 9.53 Å². The fourth-order valence-electron chi connectivity index (χ4n) is 2.77. The van der Waals surface area contributed by atoms with Crippen molar-refractivity contribution in [3.8, 4) is 0 Å². The van der Waals surface area contributed by atoms with Gasteiger partial charge in [-0.25, -0.2) is 4.39 Å². The van der Waals surface area contributed by atoms with Gasteiger partial charge in [0.1, 0.15) is 18.0 Å². The molecule has 7 nitrogen and oxygen atoms in total. The zero-order valence-corrected chi connectivity index (χ0v) is 13.2. The molecule has 1 unspecified atom stereocenters. The molecule has 1 fully saturated rings. The molecule has 0 saturated carbocycles. The molecule has 1 amide bonds. The minimum absolute atomic E-state index is 0.0931. The van der Waals surface area contributed by atoms with E-state index < -0.39 is 11.9 Å². The minimum Gasteiger partial charge on any atom is -0.368 e. The number of rotatable bonds is 6. The van der Waals surface area contributed by atoms with Gasteiger partial charge in [-0.3, -0.25) is 10.1 Å². The summed E-state index contributed by atoms with van der Waals surface area (Å²) < 4.78 is 24.0. The van der Waals surface area contributed by atoms with Crippen LogP contribution in [0.2, 0.25) is 0 Å². The van der Waals surface area contributed by atoms with E-state index in [4.69, 9.17) is 15.0 Å². The van der Waals surface area contributed by atoms with Gasteiger partial charge < -0.3 is 15.0 Å². The van der Waals surface area contributed by atoms with Crippen molar-refractivity contribution in [3.63, 3.8) is 0 Å². The molecule has 1 aliphatic heterocycles. The van der Waals surface area contributed by atoms with Crippen LogP contribution >= 0.6 is 0 Å². The van der Waals surface area contributed by atoms with Crippen molar-refractivity contribution in [3.05, 3.63) is 47.4 Å². The quantitative estimate of drug-likeness (QED) is 0.831. The molecule has 0 bridgehead atoms. The number of hydrogen-bond donors (Lipinski definition) is 2. The zero-order valence-electron chi connectivity index (χ0n) is 13.2. The summed E-state index contributed by atoms with van der Waals surface area (Å²) in [7, 11) is 0. The van der Waals surface area contributed by atoms with E-state index in [9.17, 15) is 9.18 Å². The van der Waals surface area contributed by atoms with Gasteiger partial charge in [0.2, 0.25) is 5.91 Å². The second kappa shape index (κ2) is 7.06. The van der Waals surface area contributed by atoms with Crippen LogP contribution in [0.25, 0.3) is 0 Å². The molecule has 0 radical (unpaired) electrons. The predicted molar refractivity (Wildman–Crippen MR) is 82.2 cm³/mol. The Balaban J connectivity index is 1.57. The van der Waals surface area contributed by atoms with Crippen LogP contribution in [0.3, 0.4) is 0 Å². The molecular weight excluding hydrogens is 315 g/mol. The lowest BCUT2D eigenvalue weighted by Gasteiger charge is -2.19. The van der Waals surface area contributed by atoms with Gasteiger partial charge in [-0.15, -0.1) is 0 Å². The maximum atomic E-state index is 13.0. The summed E-state index contributed by atoms with van der Waals surface area (Å²) in [4.78, 5) is 15.8. The number of aryl methyl sites for hydroxylation is 1. The van der Waals surface area contributed by atoms with Crippen molar-refractivity contribution in [1.29, 1.82) is 0 Å². The van der Waals surface area contributed by atoms with E-state index in [0.717, 1.165) is 12.8 Å². The number of carbonyl (C=O) groups excluding carboxylic acids is 1. The van der Waals surface area contributed by atoms with Gasteiger partial charge >= 0.3 is 0 Å². The first-order valence-electron chi connectivity index (χ1n) is 7.77.